The molecule has 3 rings (SSSR count). The van der Waals surface area contributed by atoms with Gasteiger partial charge >= 0.3 is 0 Å². The summed E-state index contributed by atoms with van der Waals surface area (Å²) in [5.74, 6) is 0.816. The van der Waals surface area contributed by atoms with Crippen LogP contribution in [0.1, 0.15) is 12.5 Å². The van der Waals surface area contributed by atoms with E-state index in [-0.39, 0.29) is 5.91 Å². The van der Waals surface area contributed by atoms with Crippen LogP contribution in [0.5, 0.6) is 5.75 Å². The summed E-state index contributed by atoms with van der Waals surface area (Å²) in [4.78, 5) is 16.9. The molecule has 1 fully saturated rings. The zero-order valence-electron chi connectivity index (χ0n) is 14.8. The summed E-state index contributed by atoms with van der Waals surface area (Å²) in [6, 6.07) is 20.1. The lowest BCUT2D eigenvalue weighted by Gasteiger charge is -2.35. The second kappa shape index (κ2) is 8.67. The van der Waals surface area contributed by atoms with Crippen molar-refractivity contribution in [1.29, 1.82) is 0 Å². The van der Waals surface area contributed by atoms with E-state index in [1.54, 1.807) is 0 Å². The number of carbonyl (C=O) groups is 1. The van der Waals surface area contributed by atoms with Crippen molar-refractivity contribution in [2.24, 2.45) is 0 Å². The van der Waals surface area contributed by atoms with Crippen LogP contribution >= 0.6 is 0 Å². The lowest BCUT2D eigenvalue weighted by Crippen LogP contribution is -2.52. The highest BCUT2D eigenvalue weighted by molar-refractivity contribution is 5.81. The van der Waals surface area contributed by atoms with Crippen molar-refractivity contribution < 1.29 is 9.53 Å². The van der Waals surface area contributed by atoms with Crippen molar-refractivity contribution in [3.63, 3.8) is 0 Å². The minimum Gasteiger partial charge on any atom is -0.481 e. The summed E-state index contributed by atoms with van der Waals surface area (Å²) in [6.45, 7) is 6.28. The van der Waals surface area contributed by atoms with E-state index in [0.717, 1.165) is 44.9 Å². The summed E-state index contributed by atoms with van der Waals surface area (Å²) in [5, 5.41) is 0. The molecular weight excluding hydrogens is 312 g/mol. The highest BCUT2D eigenvalue weighted by atomic mass is 16.5. The van der Waals surface area contributed by atoms with Gasteiger partial charge in [-0.2, -0.15) is 0 Å². The maximum Gasteiger partial charge on any atom is 0.263 e. The van der Waals surface area contributed by atoms with Crippen molar-refractivity contribution in [1.82, 2.24) is 9.80 Å². The van der Waals surface area contributed by atoms with E-state index in [0.29, 0.717) is 0 Å². The Kier molecular flexibility index (Phi) is 6.07. The molecule has 2 aromatic carbocycles. The Morgan fingerprint density at radius 1 is 0.960 bits per heavy atom. The van der Waals surface area contributed by atoms with Gasteiger partial charge in [0.15, 0.2) is 6.10 Å². The number of carbonyl (C=O) groups excluding carboxylic acids is 1. The average Bonchev–Trinajstić information content (AvgIpc) is 2.68. The Hall–Kier alpha value is -2.33. The Morgan fingerprint density at radius 2 is 1.56 bits per heavy atom. The van der Waals surface area contributed by atoms with Crippen molar-refractivity contribution >= 4 is 5.91 Å². The molecule has 0 N–H and O–H groups in total. The fraction of sp³-hybridized carbons (Fsp3) is 0.381. The van der Waals surface area contributed by atoms with Crippen LogP contribution in [0.25, 0.3) is 0 Å². The summed E-state index contributed by atoms with van der Waals surface area (Å²) in [5.41, 5.74) is 1.37. The standard InChI is InChI=1S/C21H26N2O2/c1-18(25-20-10-6-3-7-11-20)21(24)23-16-14-22(15-17-23)13-12-19-8-4-2-5-9-19/h2-11,18H,12-17H2,1H3/t18-/m1/s1. The molecule has 0 radical (unpaired) electrons. The number of para-hydroxylation sites is 1. The SMILES string of the molecule is C[C@@H](Oc1ccccc1)C(=O)N1CCN(CCc2ccccc2)CC1. The summed E-state index contributed by atoms with van der Waals surface area (Å²) < 4.78 is 5.76. The fourth-order valence-electron chi connectivity index (χ4n) is 3.13. The minimum atomic E-state index is -0.446. The van der Waals surface area contributed by atoms with E-state index in [2.05, 4.69) is 29.2 Å². The van der Waals surface area contributed by atoms with Gasteiger partial charge in [-0.15, -0.1) is 0 Å². The number of piperazine rings is 1. The molecule has 1 aliphatic heterocycles. The third-order valence-electron chi connectivity index (χ3n) is 4.65. The molecule has 1 atom stereocenters. The van der Waals surface area contributed by atoms with E-state index in [4.69, 9.17) is 4.74 Å². The Balaban J connectivity index is 1.42. The van der Waals surface area contributed by atoms with Crippen LogP contribution < -0.4 is 4.74 Å². The van der Waals surface area contributed by atoms with Crippen LogP contribution in [0.3, 0.4) is 0 Å². The molecule has 0 saturated carbocycles. The molecule has 0 unspecified atom stereocenters. The zero-order valence-corrected chi connectivity index (χ0v) is 14.8. The van der Waals surface area contributed by atoms with Gasteiger partial charge in [-0.1, -0.05) is 48.5 Å². The molecule has 4 nitrogen and oxygen atoms in total. The molecule has 0 aliphatic carbocycles. The maximum atomic E-state index is 12.6. The minimum absolute atomic E-state index is 0.0755. The van der Waals surface area contributed by atoms with E-state index in [1.807, 2.05) is 48.2 Å². The molecule has 132 valence electrons. The highest BCUT2D eigenvalue weighted by Crippen LogP contribution is 2.13. The van der Waals surface area contributed by atoms with Crippen LogP contribution in [0, 0.1) is 0 Å². The number of hydrogen-bond acceptors (Lipinski definition) is 3. The predicted molar refractivity (Wildman–Crippen MR) is 99.7 cm³/mol. The van der Waals surface area contributed by atoms with Crippen molar-refractivity contribution in [2.75, 3.05) is 32.7 Å². The van der Waals surface area contributed by atoms with Gasteiger partial charge in [-0.25, -0.2) is 0 Å². The summed E-state index contributed by atoms with van der Waals surface area (Å²) >= 11 is 0. The Morgan fingerprint density at radius 3 is 2.20 bits per heavy atom. The molecule has 2 aromatic rings. The van der Waals surface area contributed by atoms with E-state index in [9.17, 15) is 4.79 Å². The number of rotatable bonds is 6. The summed E-state index contributed by atoms with van der Waals surface area (Å²) in [7, 11) is 0. The smallest absolute Gasteiger partial charge is 0.263 e. The van der Waals surface area contributed by atoms with Gasteiger partial charge in [-0.05, 0) is 31.0 Å². The molecule has 1 amide bonds. The third-order valence-corrected chi connectivity index (χ3v) is 4.65. The van der Waals surface area contributed by atoms with Crippen LogP contribution in [-0.2, 0) is 11.2 Å². The molecule has 1 saturated heterocycles. The fourth-order valence-corrected chi connectivity index (χ4v) is 3.13. The summed E-state index contributed by atoms with van der Waals surface area (Å²) in [6.07, 6.45) is 0.612. The molecule has 0 aromatic heterocycles. The second-order valence-corrected chi connectivity index (χ2v) is 6.48. The number of nitrogens with zero attached hydrogens (tertiary/aromatic N) is 2. The van der Waals surface area contributed by atoms with Crippen molar-refractivity contribution in [2.45, 2.75) is 19.4 Å². The monoisotopic (exact) mass is 338 g/mol. The quantitative estimate of drug-likeness (QED) is 0.812. The first kappa shape index (κ1) is 17.5. The highest BCUT2D eigenvalue weighted by Gasteiger charge is 2.25. The Bertz CT molecular complexity index is 652. The van der Waals surface area contributed by atoms with Gasteiger partial charge in [0.1, 0.15) is 5.75 Å². The number of amides is 1. The van der Waals surface area contributed by atoms with E-state index < -0.39 is 6.10 Å². The lowest BCUT2D eigenvalue weighted by molar-refractivity contribution is -0.139. The number of benzene rings is 2. The normalized spacial score (nSPS) is 16.4. The molecule has 0 bridgehead atoms. The van der Waals surface area contributed by atoms with E-state index in [1.165, 1.54) is 5.56 Å². The van der Waals surface area contributed by atoms with Gasteiger partial charge in [0.05, 0.1) is 0 Å². The molecule has 4 heteroatoms. The van der Waals surface area contributed by atoms with Crippen LogP contribution in [0.15, 0.2) is 60.7 Å². The molecule has 1 heterocycles. The molecular formula is C21H26N2O2. The molecule has 0 spiro atoms. The van der Waals surface area contributed by atoms with Crippen LogP contribution in [-0.4, -0.2) is 54.5 Å². The first-order chi connectivity index (χ1) is 12.2. The maximum absolute atomic E-state index is 12.6. The van der Waals surface area contributed by atoms with Crippen LogP contribution in [0.4, 0.5) is 0 Å². The second-order valence-electron chi connectivity index (χ2n) is 6.48. The molecule has 1 aliphatic rings. The van der Waals surface area contributed by atoms with Gasteiger partial charge in [-0.3, -0.25) is 9.69 Å². The van der Waals surface area contributed by atoms with Crippen molar-refractivity contribution in [3.8, 4) is 5.75 Å². The van der Waals surface area contributed by atoms with Gasteiger partial charge in [0.25, 0.3) is 5.91 Å². The number of hydrogen-bond donors (Lipinski definition) is 0. The van der Waals surface area contributed by atoms with Crippen molar-refractivity contribution in [3.05, 3.63) is 66.2 Å². The number of ether oxygens (including phenoxy) is 1. The first-order valence-corrected chi connectivity index (χ1v) is 8.99. The largest absolute Gasteiger partial charge is 0.481 e. The predicted octanol–water partition coefficient (Wildman–Crippen LogP) is 2.84. The Labute approximate surface area is 150 Å². The topological polar surface area (TPSA) is 32.8 Å². The van der Waals surface area contributed by atoms with Gasteiger partial charge in [0.2, 0.25) is 0 Å². The van der Waals surface area contributed by atoms with E-state index >= 15 is 0 Å². The lowest BCUT2D eigenvalue weighted by atomic mass is 10.1. The third kappa shape index (κ3) is 5.07. The van der Waals surface area contributed by atoms with Crippen LogP contribution in [0.2, 0.25) is 0 Å². The van der Waals surface area contributed by atoms with Gasteiger partial charge in [0, 0.05) is 32.7 Å². The average molecular weight is 338 g/mol. The zero-order chi connectivity index (χ0) is 17.5. The first-order valence-electron chi connectivity index (χ1n) is 8.99. The molecule has 25 heavy (non-hydrogen) atoms. The van der Waals surface area contributed by atoms with Gasteiger partial charge < -0.3 is 9.64 Å².